The Morgan fingerprint density at radius 3 is 2.10 bits per heavy atom. The van der Waals surface area contributed by atoms with Crippen LogP contribution in [-0.2, 0) is 9.59 Å². The van der Waals surface area contributed by atoms with E-state index in [2.05, 4.69) is 0 Å². The number of ether oxygens (including phenoxy) is 1. The van der Waals surface area contributed by atoms with Gasteiger partial charge in [-0.05, 0) is 62.9 Å². The fourth-order valence-corrected chi connectivity index (χ4v) is 3.34. The summed E-state index contributed by atoms with van der Waals surface area (Å²) in [5, 5.41) is 17.9. The second kappa shape index (κ2) is 6.47. The number of rotatable bonds is 4. The number of carboxylic acids is 1. The van der Waals surface area contributed by atoms with Crippen LogP contribution in [0.4, 0.5) is 8.78 Å². The fraction of sp³-hybridized carbons (Fsp3) is 0.273. The molecule has 1 aromatic rings. The van der Waals surface area contributed by atoms with E-state index in [1.165, 1.54) is 6.92 Å². The van der Waals surface area contributed by atoms with Crippen LogP contribution < -0.4 is 4.74 Å². The maximum atomic E-state index is 13.3. The van der Waals surface area contributed by atoms with Crippen molar-refractivity contribution in [1.29, 1.82) is 0 Å². The molecule has 1 rings (SSSR count). The zero-order chi connectivity index (χ0) is 15.7. The lowest BCUT2D eigenvalue weighted by molar-refractivity contribution is -0.182. The fourth-order valence-electron chi connectivity index (χ4n) is 1.30. The molecule has 0 heterocycles. The lowest BCUT2D eigenvalue weighted by atomic mass is 10.0. The van der Waals surface area contributed by atoms with Crippen molar-refractivity contribution >= 4 is 57.1 Å². The number of carboxylic acid groups (broad SMARTS) is 1. The Hall–Kier alpha value is -0.560. The Morgan fingerprint density at radius 1 is 1.30 bits per heavy atom. The summed E-state index contributed by atoms with van der Waals surface area (Å²) in [7, 11) is 0. The quantitative estimate of drug-likeness (QED) is 0.369. The third kappa shape index (κ3) is 3.75. The molecule has 0 fully saturated rings. The van der Waals surface area contributed by atoms with E-state index in [1.54, 1.807) is 45.2 Å². The smallest absolute Gasteiger partial charge is 0.377 e. The first-order chi connectivity index (χ1) is 9.07. The number of esters is 1. The van der Waals surface area contributed by atoms with Crippen molar-refractivity contribution in [3.05, 3.63) is 24.8 Å². The number of aliphatic hydroxyl groups excluding tert-OH is 1. The minimum atomic E-state index is -4.31. The normalized spacial score (nSPS) is 12.9. The number of hydrogen-bond donors (Lipinski definition) is 2. The van der Waals surface area contributed by atoms with Gasteiger partial charge in [0.1, 0.15) is 0 Å². The monoisotopic (exact) mass is 512 g/mol. The van der Waals surface area contributed by atoms with Crippen molar-refractivity contribution in [2.24, 2.45) is 0 Å². The van der Waals surface area contributed by atoms with Crippen molar-refractivity contribution in [3.8, 4) is 5.75 Å². The van der Waals surface area contributed by atoms with Gasteiger partial charge in [-0.2, -0.15) is 8.78 Å². The van der Waals surface area contributed by atoms with Gasteiger partial charge in [0.15, 0.2) is 11.9 Å². The van der Waals surface area contributed by atoms with E-state index in [-0.39, 0.29) is 11.3 Å². The molecule has 0 bridgehead atoms. The van der Waals surface area contributed by atoms with Gasteiger partial charge in [-0.15, -0.1) is 0 Å². The van der Waals surface area contributed by atoms with Gasteiger partial charge < -0.3 is 14.9 Å². The first-order valence-electron chi connectivity index (χ1n) is 5.04. The maximum absolute atomic E-state index is 13.3. The SMILES string of the molecule is CC(=O)Oc1c(I)cc(C(O)C(F)(F)C(=O)O)cc1I. The van der Waals surface area contributed by atoms with Crippen molar-refractivity contribution < 1.29 is 33.3 Å². The van der Waals surface area contributed by atoms with Gasteiger partial charge >= 0.3 is 17.9 Å². The van der Waals surface area contributed by atoms with Gasteiger partial charge in [0, 0.05) is 6.92 Å². The number of aliphatic hydroxyl groups is 1. The average Bonchev–Trinajstić information content (AvgIpc) is 2.32. The molecule has 1 atom stereocenters. The molecule has 9 heteroatoms. The summed E-state index contributed by atoms with van der Waals surface area (Å²) in [4.78, 5) is 21.3. The molecular formula is C11H8F2I2O5. The van der Waals surface area contributed by atoms with Crippen molar-refractivity contribution in [1.82, 2.24) is 0 Å². The van der Waals surface area contributed by atoms with E-state index in [4.69, 9.17) is 9.84 Å². The molecule has 0 saturated heterocycles. The molecule has 0 aliphatic carbocycles. The number of carbonyl (C=O) groups is 2. The molecule has 0 aliphatic rings. The van der Waals surface area contributed by atoms with Gasteiger partial charge in [0.25, 0.3) is 0 Å². The molecule has 1 unspecified atom stereocenters. The van der Waals surface area contributed by atoms with E-state index < -0.39 is 24.0 Å². The second-order valence-corrected chi connectivity index (χ2v) is 6.06. The lowest BCUT2D eigenvalue weighted by Gasteiger charge is -2.20. The molecule has 1 aromatic carbocycles. The topological polar surface area (TPSA) is 83.8 Å². The van der Waals surface area contributed by atoms with E-state index in [9.17, 15) is 23.5 Å². The molecular weight excluding hydrogens is 504 g/mol. The number of carbonyl (C=O) groups excluding carboxylic acids is 1. The Bertz CT molecular complexity index is 539. The molecule has 0 aliphatic heterocycles. The van der Waals surface area contributed by atoms with Crippen molar-refractivity contribution in [3.63, 3.8) is 0 Å². The van der Waals surface area contributed by atoms with Gasteiger partial charge in [-0.3, -0.25) is 4.79 Å². The highest BCUT2D eigenvalue weighted by Crippen LogP contribution is 2.36. The summed E-state index contributed by atoms with van der Waals surface area (Å²) < 4.78 is 32.0. The molecule has 20 heavy (non-hydrogen) atoms. The van der Waals surface area contributed by atoms with Crippen LogP contribution in [0.1, 0.15) is 18.6 Å². The summed E-state index contributed by atoms with van der Waals surface area (Å²) in [6.07, 6.45) is -2.49. The van der Waals surface area contributed by atoms with Crippen LogP contribution in [-0.4, -0.2) is 28.1 Å². The van der Waals surface area contributed by atoms with Crippen LogP contribution >= 0.6 is 45.2 Å². The van der Waals surface area contributed by atoms with E-state index in [1.807, 2.05) is 0 Å². The summed E-state index contributed by atoms with van der Waals surface area (Å²) in [6.45, 7) is 1.19. The molecule has 0 radical (unpaired) electrons. The number of halogens is 4. The Labute approximate surface area is 139 Å². The molecule has 0 amide bonds. The largest absolute Gasteiger partial charge is 0.477 e. The predicted molar refractivity (Wildman–Crippen MR) is 80.7 cm³/mol. The van der Waals surface area contributed by atoms with Gasteiger partial charge in [0.05, 0.1) is 7.14 Å². The Morgan fingerprint density at radius 2 is 1.75 bits per heavy atom. The van der Waals surface area contributed by atoms with Crippen molar-refractivity contribution in [2.45, 2.75) is 19.0 Å². The van der Waals surface area contributed by atoms with Crippen LogP contribution in [0.3, 0.4) is 0 Å². The average molecular weight is 512 g/mol. The predicted octanol–water partition coefficient (Wildman–Crippen LogP) is 2.57. The molecule has 0 saturated carbocycles. The summed E-state index contributed by atoms with van der Waals surface area (Å²) in [5.41, 5.74) is -0.276. The highest BCUT2D eigenvalue weighted by atomic mass is 127. The van der Waals surface area contributed by atoms with Gasteiger partial charge in [-0.25, -0.2) is 4.79 Å². The molecule has 0 spiro atoms. The standard InChI is InChI=1S/C11H8F2I2O5/c1-4(16)20-8-6(14)2-5(3-7(8)15)9(17)11(12,13)10(18)19/h2-3,9,17H,1H3,(H,18,19). The van der Waals surface area contributed by atoms with E-state index >= 15 is 0 Å². The zero-order valence-corrected chi connectivity index (χ0v) is 14.2. The highest BCUT2D eigenvalue weighted by Gasteiger charge is 2.48. The zero-order valence-electron chi connectivity index (χ0n) is 9.86. The first-order valence-corrected chi connectivity index (χ1v) is 7.19. The first kappa shape index (κ1) is 17.5. The maximum Gasteiger partial charge on any atom is 0.377 e. The second-order valence-electron chi connectivity index (χ2n) is 3.74. The summed E-state index contributed by atoms with van der Waals surface area (Å²) in [6, 6.07) is 2.28. The summed E-state index contributed by atoms with van der Waals surface area (Å²) >= 11 is 3.48. The molecule has 110 valence electrons. The van der Waals surface area contributed by atoms with Gasteiger partial charge in [0.2, 0.25) is 0 Å². The lowest BCUT2D eigenvalue weighted by Crippen LogP contribution is -2.35. The number of alkyl halides is 2. The van der Waals surface area contributed by atoms with Gasteiger partial charge in [-0.1, -0.05) is 0 Å². The third-order valence-electron chi connectivity index (χ3n) is 2.21. The van der Waals surface area contributed by atoms with E-state index in [0.29, 0.717) is 7.14 Å². The third-order valence-corrected chi connectivity index (χ3v) is 3.81. The number of aliphatic carboxylic acids is 1. The minimum absolute atomic E-state index is 0.174. The van der Waals surface area contributed by atoms with Crippen LogP contribution in [0.2, 0.25) is 0 Å². The van der Waals surface area contributed by atoms with Crippen LogP contribution in [0.15, 0.2) is 12.1 Å². The molecule has 5 nitrogen and oxygen atoms in total. The Kier molecular flexibility index (Phi) is 5.66. The van der Waals surface area contributed by atoms with Crippen LogP contribution in [0.25, 0.3) is 0 Å². The summed E-state index contributed by atoms with van der Waals surface area (Å²) in [5.74, 6) is -7.13. The number of benzene rings is 1. The Balaban J connectivity index is 3.23. The minimum Gasteiger partial charge on any atom is -0.477 e. The number of hydrogen-bond acceptors (Lipinski definition) is 4. The molecule has 0 aromatic heterocycles. The van der Waals surface area contributed by atoms with E-state index in [0.717, 1.165) is 12.1 Å². The van der Waals surface area contributed by atoms with Crippen LogP contribution in [0, 0.1) is 7.14 Å². The highest BCUT2D eigenvalue weighted by molar-refractivity contribution is 14.1. The molecule has 2 N–H and O–H groups in total. The van der Waals surface area contributed by atoms with Crippen molar-refractivity contribution in [2.75, 3.05) is 0 Å². The van der Waals surface area contributed by atoms with Crippen LogP contribution in [0.5, 0.6) is 5.75 Å².